The maximum absolute atomic E-state index is 14.4. The van der Waals surface area contributed by atoms with Gasteiger partial charge in [0.2, 0.25) is 0 Å². The third-order valence-corrected chi connectivity index (χ3v) is 24.6. The van der Waals surface area contributed by atoms with E-state index >= 15 is 0 Å². The van der Waals surface area contributed by atoms with Crippen LogP contribution < -0.4 is 0 Å². The highest BCUT2D eigenvalue weighted by Crippen LogP contribution is 2.44. The van der Waals surface area contributed by atoms with Crippen molar-refractivity contribution in [2.75, 3.05) is 181 Å². The minimum atomic E-state index is -4.60. The molecule has 666 valence electrons. The minimum Gasteiger partial charge on any atom is -0.382 e. The Morgan fingerprint density at radius 2 is 0.362 bits per heavy atom. The first-order valence-electron chi connectivity index (χ1n) is 37.9. The lowest BCUT2D eigenvalue weighted by molar-refractivity contribution is -0.402. The molecule has 2 aromatic rings. The fourth-order valence-electron chi connectivity index (χ4n) is 16.4. The van der Waals surface area contributed by atoms with E-state index in [1.165, 1.54) is 159 Å². The van der Waals surface area contributed by atoms with Crippen molar-refractivity contribution in [1.29, 1.82) is 0 Å². The summed E-state index contributed by atoms with van der Waals surface area (Å²) in [7, 11) is 18.0. The summed E-state index contributed by atoms with van der Waals surface area (Å²) in [6, 6.07) is 12.0. The van der Waals surface area contributed by atoms with Gasteiger partial charge in [-0.15, -0.1) is 0 Å². The molecule has 14 bridgehead atoms. The van der Waals surface area contributed by atoms with Gasteiger partial charge in [0.05, 0.1) is 56.0 Å². The summed E-state index contributed by atoms with van der Waals surface area (Å²) < 4.78 is 285. The van der Waals surface area contributed by atoms with E-state index in [4.69, 9.17) is 165 Å². The van der Waals surface area contributed by atoms with Gasteiger partial charge in [-0.3, -0.25) is 8.37 Å². The van der Waals surface area contributed by atoms with Crippen molar-refractivity contribution in [3.8, 4) is 0 Å². The van der Waals surface area contributed by atoms with Gasteiger partial charge in [0.1, 0.15) is 171 Å². The fourth-order valence-corrected chi connectivity index (χ4v) is 18.2. The molecule has 0 spiro atoms. The molecule has 21 heterocycles. The Morgan fingerprint density at radius 1 is 0.216 bits per heavy atom. The predicted molar refractivity (Wildman–Crippen MR) is 394 cm³/mol. The van der Waals surface area contributed by atoms with E-state index in [9.17, 15) is 16.8 Å². The first kappa shape index (κ1) is 95.2. The van der Waals surface area contributed by atoms with E-state index in [1.54, 1.807) is 38.1 Å². The molecule has 2 aromatic carbocycles. The number of aryl methyl sites for hydroxylation is 2. The van der Waals surface area contributed by atoms with E-state index in [-0.39, 0.29) is 42.8 Å². The second-order valence-electron chi connectivity index (χ2n) is 28.7. The van der Waals surface area contributed by atoms with Crippen LogP contribution in [0.2, 0.25) is 0 Å². The van der Waals surface area contributed by atoms with Gasteiger partial charge in [0, 0.05) is 135 Å². The van der Waals surface area contributed by atoms with E-state index < -0.39 is 248 Å². The monoisotopic (exact) mass is 1710 g/mol. The van der Waals surface area contributed by atoms with Crippen molar-refractivity contribution in [3.63, 3.8) is 0 Å². The van der Waals surface area contributed by atoms with Crippen LogP contribution in [0.25, 0.3) is 0 Å². The van der Waals surface area contributed by atoms with E-state index in [0.29, 0.717) is 0 Å². The van der Waals surface area contributed by atoms with Crippen LogP contribution in [0.1, 0.15) is 11.1 Å². The fraction of sp³-hybridized carbons (Fsp3) is 0.840. The third kappa shape index (κ3) is 21.1. The highest BCUT2D eigenvalue weighted by Gasteiger charge is 2.63. The quantitative estimate of drug-likeness (QED) is 0.0907. The largest absolute Gasteiger partial charge is 0.382 e. The smallest absolute Gasteiger partial charge is 0.297 e. The van der Waals surface area contributed by atoms with Crippen molar-refractivity contribution in [2.24, 2.45) is 0 Å². The molecule has 0 amide bonds. The van der Waals surface area contributed by atoms with Gasteiger partial charge in [0.15, 0.2) is 44.0 Å². The molecule has 0 aromatic heterocycles. The summed E-state index contributed by atoms with van der Waals surface area (Å²) in [6.45, 7) is 1.33. The molecule has 21 aliphatic heterocycles. The van der Waals surface area contributed by atoms with E-state index in [0.717, 1.165) is 11.1 Å². The lowest BCUT2D eigenvalue weighted by Gasteiger charge is -2.52. The Labute approximate surface area is 678 Å². The Morgan fingerprint density at radius 3 is 0.500 bits per heavy atom. The van der Waals surface area contributed by atoms with Crippen molar-refractivity contribution in [1.82, 2.24) is 0 Å². The molecule has 0 radical (unpaired) electrons. The van der Waals surface area contributed by atoms with Crippen molar-refractivity contribution in [2.45, 2.75) is 239 Å². The Kier molecular flexibility index (Phi) is 36.5. The minimum absolute atomic E-state index is 0.0934. The van der Waals surface area contributed by atoms with Gasteiger partial charge in [-0.05, 0) is 38.1 Å². The highest BCUT2D eigenvalue weighted by molar-refractivity contribution is 7.87. The molecule has 0 N–H and O–H groups in total. The normalized spacial score (nSPS) is 41.0. The summed E-state index contributed by atoms with van der Waals surface area (Å²) in [4.78, 5) is -0.368. The van der Waals surface area contributed by atoms with Gasteiger partial charge >= 0.3 is 0 Å². The van der Waals surface area contributed by atoms with Crippen molar-refractivity contribution < 1.29 is 182 Å². The molecule has 21 saturated heterocycles. The summed E-state index contributed by atoms with van der Waals surface area (Å²) in [5.41, 5.74) is 1.55. The maximum atomic E-state index is 14.4. The summed E-state index contributed by atoms with van der Waals surface area (Å²) in [5.74, 6) is 0. The summed E-state index contributed by atoms with van der Waals surface area (Å²) in [6.07, 6.45) is -43.5. The molecule has 41 heteroatoms. The molecule has 0 unspecified atom stereocenters. The molecular formula is C75H120O39S2. The van der Waals surface area contributed by atoms with Crippen LogP contribution in [0.15, 0.2) is 58.3 Å². The zero-order valence-electron chi connectivity index (χ0n) is 69.5. The van der Waals surface area contributed by atoms with Crippen LogP contribution in [0, 0.1) is 13.8 Å². The topological polar surface area (TPSA) is 391 Å². The first-order valence-corrected chi connectivity index (χ1v) is 40.7. The number of hydrogen-bond donors (Lipinski definition) is 0. The lowest BCUT2D eigenvalue weighted by Crippen LogP contribution is -2.69. The first-order chi connectivity index (χ1) is 56.0. The molecule has 39 nitrogen and oxygen atoms in total. The van der Waals surface area contributed by atoms with Crippen LogP contribution in [-0.2, 0) is 185 Å². The van der Waals surface area contributed by atoms with Gasteiger partial charge in [-0.2, -0.15) is 16.8 Å². The number of rotatable bonds is 32. The van der Waals surface area contributed by atoms with E-state index in [1.807, 2.05) is 0 Å². The zero-order valence-corrected chi connectivity index (χ0v) is 71.1. The standard InChI is InChI=1S/C75H120O39S2/c1-37-22-26-39(27-23-37)115(76,77)99-35-46-53-60(90-13)68(98-21)75(107-46)114-54-47(36-100-116(78,79)40-28-24-38(2)25-29-40)106-74(67(97-20)61(54)91-14)112-52-45(34-84-7)104-72(65(95-18)59(52)89-12)110-50-43(32-82-5)102-70(63(93-16)57(50)87-10)108-48-41(30-80-3)101-69(62(92-15)55(48)85-8)109-49-42(31-81-4)103-71(64(94-17)56(49)86-9)111-51-44(33-83-6)105-73(113-53)66(96-19)58(51)88-11/h22-29,41-75H,30-36H2,1-21H3/t41-,42-,43-,44-,45-,46-,47-,48-,49-,50-,51-,52-,53-,54-,55+,56+,57+,58+,59+,60+,61+,62-,63-,64-,65-,66-,67-,68-,69-,70-,71-,72-,73-,74-,75-/m1/s1. The maximum Gasteiger partial charge on any atom is 0.297 e. The molecule has 21 aliphatic rings. The third-order valence-electron chi connectivity index (χ3n) is 22.0. The average Bonchev–Trinajstić information content (AvgIpc) is 0.766. The Balaban J connectivity index is 1.11. The van der Waals surface area contributed by atoms with Crippen molar-refractivity contribution in [3.05, 3.63) is 59.7 Å². The van der Waals surface area contributed by atoms with Gasteiger partial charge in [-0.25, -0.2) is 0 Å². The van der Waals surface area contributed by atoms with Crippen LogP contribution >= 0.6 is 0 Å². The van der Waals surface area contributed by atoms with E-state index in [2.05, 4.69) is 0 Å². The summed E-state index contributed by atoms with van der Waals surface area (Å²) in [5, 5.41) is 0. The van der Waals surface area contributed by atoms with Crippen LogP contribution in [0.5, 0.6) is 0 Å². The molecular weight excluding hydrogens is 1590 g/mol. The number of hydrogen-bond acceptors (Lipinski definition) is 39. The number of ether oxygens (including phenoxy) is 33. The van der Waals surface area contributed by atoms with Gasteiger partial charge in [-0.1, -0.05) is 35.4 Å². The van der Waals surface area contributed by atoms with Crippen LogP contribution in [0.4, 0.5) is 0 Å². The van der Waals surface area contributed by atoms with Crippen LogP contribution in [-0.4, -0.2) is 413 Å². The van der Waals surface area contributed by atoms with Gasteiger partial charge in [0.25, 0.3) is 20.2 Å². The Bertz CT molecular complexity index is 3340. The van der Waals surface area contributed by atoms with Gasteiger partial charge < -0.3 is 156 Å². The zero-order chi connectivity index (χ0) is 83.9. The molecule has 0 aliphatic carbocycles. The number of methoxy groups -OCH3 is 19. The molecule has 23 rings (SSSR count). The lowest BCUT2D eigenvalue weighted by atomic mass is 9.94. The predicted octanol–water partition coefficient (Wildman–Crippen LogP) is 0.641. The second kappa shape index (κ2) is 44.5. The highest BCUT2D eigenvalue weighted by atomic mass is 32.2. The Hall–Kier alpha value is -3.06. The van der Waals surface area contributed by atoms with Crippen LogP contribution in [0.3, 0.4) is 0 Å². The molecule has 0 saturated carbocycles. The summed E-state index contributed by atoms with van der Waals surface area (Å²) >= 11 is 0. The molecule has 35 atom stereocenters. The van der Waals surface area contributed by atoms with Crippen molar-refractivity contribution >= 4 is 20.2 Å². The average molecular weight is 1710 g/mol. The number of benzene rings is 2. The SMILES string of the molecule is COC[C@H]1O[C@@H]2O[C@H]3[C@H](OC)[C@@H](OC)[C@@H](O[C@H]4[C@H](OC)[C@@H](OC)[C@@H](O[C@H]5[C@H](OC)[C@@H](OC)[C@@H](O[C@H]6[C@H](OC)[C@@H](OC)[C@@H](O[C@H]7[C@H](OC)[C@@H](OC)[C@@H](O[C@H]8[C@H](OC)[C@@H](OC)[C@@H](O[C@H]1[C@H](OC)[C@H]2OC)O[C@@H]8COC)O[C@@H]7COC)O[C@@H]6COS(=O)(=O)c1ccc(C)cc1)O[C@@H]5COS(=O)(=O)c1ccc(C)cc1)O[C@@H]4COC)O[C@@H]3COC. The second-order valence-corrected chi connectivity index (χ2v) is 31.9. The molecule has 21 fully saturated rings. The molecule has 116 heavy (non-hydrogen) atoms.